The lowest BCUT2D eigenvalue weighted by atomic mass is 9.71. The number of esters is 1. The second-order valence-electron chi connectivity index (χ2n) is 9.14. The van der Waals surface area contributed by atoms with Gasteiger partial charge in [-0.1, -0.05) is 42.7 Å². The molecule has 0 fully saturated rings. The van der Waals surface area contributed by atoms with Gasteiger partial charge in [0, 0.05) is 18.1 Å². The van der Waals surface area contributed by atoms with E-state index in [9.17, 15) is 15.0 Å². The molecule has 0 radical (unpaired) electrons. The average Bonchev–Trinajstić information content (AvgIpc) is 3.03. The molecule has 0 aromatic carbocycles. The van der Waals surface area contributed by atoms with E-state index in [0.717, 1.165) is 31.3 Å². The molecule has 29 heavy (non-hydrogen) atoms. The fraction of sp³-hybridized carbons (Fsp3) is 0.640. The first-order valence-corrected chi connectivity index (χ1v) is 10.9. The average molecular weight is 403 g/mol. The van der Waals surface area contributed by atoms with Gasteiger partial charge in [-0.2, -0.15) is 0 Å². The summed E-state index contributed by atoms with van der Waals surface area (Å²) in [5, 5.41) is 18.9. The molecule has 1 heterocycles. The largest absolute Gasteiger partial charge is 0.454 e. The van der Waals surface area contributed by atoms with Crippen molar-refractivity contribution < 1.29 is 19.7 Å². The van der Waals surface area contributed by atoms with Crippen LogP contribution in [0, 0.1) is 5.41 Å². The van der Waals surface area contributed by atoms with Crippen LogP contribution in [0.15, 0.2) is 46.1 Å². The maximum Gasteiger partial charge on any atom is 0.331 e. The lowest BCUT2D eigenvalue weighted by molar-refractivity contribution is -0.138. The maximum absolute atomic E-state index is 11.3. The molecule has 0 bridgehead atoms. The number of aliphatic hydroxyl groups excluding tert-OH is 2. The quantitative estimate of drug-likeness (QED) is 0.391. The van der Waals surface area contributed by atoms with Gasteiger partial charge in [0.15, 0.2) is 0 Å². The van der Waals surface area contributed by atoms with Gasteiger partial charge in [0.1, 0.15) is 6.10 Å². The van der Waals surface area contributed by atoms with E-state index < -0.39 is 12.1 Å². The summed E-state index contributed by atoms with van der Waals surface area (Å²) in [6.45, 7) is 9.08. The zero-order chi connectivity index (χ0) is 21.4. The van der Waals surface area contributed by atoms with E-state index in [0.29, 0.717) is 17.4 Å². The first kappa shape index (κ1) is 23.6. The summed E-state index contributed by atoms with van der Waals surface area (Å²) >= 11 is 0. The number of ether oxygens (including phenoxy) is 1. The Bertz CT molecular complexity index is 706. The summed E-state index contributed by atoms with van der Waals surface area (Å²) in [5.41, 5.74) is 6.52. The molecular weight excluding hydrogens is 364 g/mol. The van der Waals surface area contributed by atoms with Crippen molar-refractivity contribution in [2.45, 2.75) is 85.2 Å². The van der Waals surface area contributed by atoms with Crippen molar-refractivity contribution in [2.75, 3.05) is 13.2 Å². The molecule has 162 valence electrons. The van der Waals surface area contributed by atoms with Crippen LogP contribution in [0.2, 0.25) is 0 Å². The molecule has 0 aromatic rings. The molecule has 4 nitrogen and oxygen atoms in total. The van der Waals surface area contributed by atoms with Crippen LogP contribution in [0.5, 0.6) is 0 Å². The fourth-order valence-corrected chi connectivity index (χ4v) is 4.52. The van der Waals surface area contributed by atoms with Crippen molar-refractivity contribution in [1.82, 2.24) is 0 Å². The summed E-state index contributed by atoms with van der Waals surface area (Å²) in [4.78, 5) is 11.3. The highest BCUT2D eigenvalue weighted by molar-refractivity contribution is 5.85. The van der Waals surface area contributed by atoms with Crippen molar-refractivity contribution in [2.24, 2.45) is 5.41 Å². The lowest BCUT2D eigenvalue weighted by Crippen LogP contribution is -2.20. The van der Waals surface area contributed by atoms with Crippen LogP contribution in [0.25, 0.3) is 0 Å². The molecule has 1 aliphatic heterocycles. The number of aliphatic hydroxyl groups is 2. The molecule has 2 N–H and O–H groups in total. The number of carbonyl (C=O) groups excluding carboxylic acids is 1. The molecule has 1 aliphatic carbocycles. The Morgan fingerprint density at radius 1 is 1.28 bits per heavy atom. The van der Waals surface area contributed by atoms with Crippen LogP contribution in [-0.4, -0.2) is 35.5 Å². The van der Waals surface area contributed by atoms with E-state index in [1.54, 1.807) is 11.1 Å². The third-order valence-corrected chi connectivity index (χ3v) is 6.39. The van der Waals surface area contributed by atoms with Gasteiger partial charge < -0.3 is 14.9 Å². The predicted molar refractivity (Wildman–Crippen MR) is 117 cm³/mol. The Balaban J connectivity index is 1.82. The highest BCUT2D eigenvalue weighted by Gasteiger charge is 2.27. The third-order valence-electron chi connectivity index (χ3n) is 6.39. The van der Waals surface area contributed by atoms with Crippen molar-refractivity contribution in [1.29, 1.82) is 0 Å². The molecule has 0 saturated heterocycles. The summed E-state index contributed by atoms with van der Waals surface area (Å²) < 4.78 is 5.18. The fourth-order valence-electron chi connectivity index (χ4n) is 4.52. The second-order valence-corrected chi connectivity index (χ2v) is 9.14. The van der Waals surface area contributed by atoms with Crippen LogP contribution >= 0.6 is 0 Å². The van der Waals surface area contributed by atoms with Crippen molar-refractivity contribution in [3.8, 4) is 0 Å². The number of allylic oxidation sites excluding steroid dienone is 4. The minimum atomic E-state index is -0.401. The molecule has 2 aliphatic rings. The number of cyclic esters (lactones) is 1. The summed E-state index contributed by atoms with van der Waals surface area (Å²) in [6.07, 6.45) is 13.4. The Morgan fingerprint density at radius 3 is 2.69 bits per heavy atom. The van der Waals surface area contributed by atoms with E-state index in [2.05, 4.69) is 33.8 Å². The van der Waals surface area contributed by atoms with Gasteiger partial charge in [0.25, 0.3) is 0 Å². The summed E-state index contributed by atoms with van der Waals surface area (Å²) in [7, 11) is 0. The van der Waals surface area contributed by atoms with E-state index >= 15 is 0 Å². The third kappa shape index (κ3) is 6.97. The molecule has 0 saturated carbocycles. The van der Waals surface area contributed by atoms with Crippen LogP contribution in [0.4, 0.5) is 0 Å². The molecule has 0 unspecified atom stereocenters. The van der Waals surface area contributed by atoms with Gasteiger partial charge in [-0.15, -0.1) is 0 Å². The van der Waals surface area contributed by atoms with E-state index in [1.165, 1.54) is 30.9 Å². The molecule has 0 spiro atoms. The van der Waals surface area contributed by atoms with Gasteiger partial charge in [0.2, 0.25) is 0 Å². The molecule has 4 heteroatoms. The lowest BCUT2D eigenvalue weighted by Gasteiger charge is -2.35. The van der Waals surface area contributed by atoms with Crippen LogP contribution in [-0.2, 0) is 9.53 Å². The minimum absolute atomic E-state index is 0.00595. The topological polar surface area (TPSA) is 66.8 Å². The highest BCUT2D eigenvalue weighted by atomic mass is 16.5. The first-order valence-electron chi connectivity index (χ1n) is 10.9. The van der Waals surface area contributed by atoms with Crippen molar-refractivity contribution in [3.63, 3.8) is 0 Å². The summed E-state index contributed by atoms with van der Waals surface area (Å²) in [5.74, 6) is -0.400. The molecule has 0 amide bonds. The van der Waals surface area contributed by atoms with Crippen molar-refractivity contribution in [3.05, 3.63) is 46.1 Å². The van der Waals surface area contributed by atoms with Crippen LogP contribution in [0.1, 0.15) is 79.1 Å². The number of rotatable bonds is 10. The Kier molecular flexibility index (Phi) is 8.91. The predicted octanol–water partition coefficient (Wildman–Crippen LogP) is 5.17. The number of hydrogen-bond acceptors (Lipinski definition) is 4. The smallest absolute Gasteiger partial charge is 0.331 e. The zero-order valence-corrected chi connectivity index (χ0v) is 18.6. The van der Waals surface area contributed by atoms with Crippen molar-refractivity contribution >= 4 is 5.97 Å². The first-order chi connectivity index (χ1) is 13.8. The maximum atomic E-state index is 11.3. The standard InChI is InChI=1S/C25H38O4/c1-18(10-12-22-19(2)8-6-14-25(22,3)4)7-5-9-20(16-26)11-13-23-21(17-27)15-24(28)29-23/h7,11,15,23,26-27H,5-6,8-10,12-14,16-17H2,1-4H3/b18-7+,20-11-/t23-/m1/s1. The monoisotopic (exact) mass is 402 g/mol. The van der Waals surface area contributed by atoms with Gasteiger partial charge in [-0.05, 0) is 69.8 Å². The normalized spacial score (nSPS) is 22.8. The van der Waals surface area contributed by atoms with Gasteiger partial charge in [-0.25, -0.2) is 4.79 Å². The molecule has 1 atom stereocenters. The Hall–Kier alpha value is -1.65. The molecule has 0 aromatic heterocycles. The van der Waals surface area contributed by atoms with E-state index in [4.69, 9.17) is 4.74 Å². The SMILES string of the molecule is CC1=C(CC/C(C)=C/CC/C(=C/C[C@H]2OC(=O)C=C2CO)CO)C(C)(C)CCC1. The van der Waals surface area contributed by atoms with E-state index in [-0.39, 0.29) is 13.2 Å². The Morgan fingerprint density at radius 2 is 2.03 bits per heavy atom. The molecular formula is C25H38O4. The van der Waals surface area contributed by atoms with Gasteiger partial charge in [0.05, 0.1) is 13.2 Å². The van der Waals surface area contributed by atoms with E-state index in [1.807, 2.05) is 6.08 Å². The van der Waals surface area contributed by atoms with Crippen LogP contribution in [0.3, 0.4) is 0 Å². The van der Waals surface area contributed by atoms with Gasteiger partial charge in [-0.3, -0.25) is 0 Å². The second kappa shape index (κ2) is 10.9. The van der Waals surface area contributed by atoms with Gasteiger partial charge >= 0.3 is 5.97 Å². The number of carbonyl (C=O) groups is 1. The number of hydrogen-bond donors (Lipinski definition) is 2. The highest BCUT2D eigenvalue weighted by Crippen LogP contribution is 2.42. The Labute approximate surface area is 176 Å². The minimum Gasteiger partial charge on any atom is -0.454 e. The molecule has 2 rings (SSSR count). The summed E-state index contributed by atoms with van der Waals surface area (Å²) in [6, 6.07) is 0. The van der Waals surface area contributed by atoms with Crippen LogP contribution < -0.4 is 0 Å². The zero-order valence-electron chi connectivity index (χ0n) is 18.6.